The van der Waals surface area contributed by atoms with E-state index in [9.17, 15) is 0 Å². The number of benzene rings is 1. The molecule has 0 aliphatic carbocycles. The summed E-state index contributed by atoms with van der Waals surface area (Å²) in [5.74, 6) is 0.862. The van der Waals surface area contributed by atoms with Gasteiger partial charge in [0.2, 0.25) is 5.16 Å². The van der Waals surface area contributed by atoms with Gasteiger partial charge in [-0.2, -0.15) is 4.68 Å². The molecule has 2 aromatic rings. The number of methoxy groups -OCH3 is 1. The van der Waals surface area contributed by atoms with Crippen molar-refractivity contribution in [2.24, 2.45) is 0 Å². The highest BCUT2D eigenvalue weighted by Crippen LogP contribution is 2.18. The lowest BCUT2D eigenvalue weighted by Gasteiger charge is -2.16. The highest BCUT2D eigenvalue weighted by Gasteiger charge is 2.13. The first kappa shape index (κ1) is 15.9. The van der Waals surface area contributed by atoms with Gasteiger partial charge >= 0.3 is 0 Å². The van der Waals surface area contributed by atoms with E-state index in [-0.39, 0.29) is 0 Å². The van der Waals surface area contributed by atoms with Gasteiger partial charge in [-0.3, -0.25) is 0 Å². The fraction of sp³-hybridized carbons (Fsp3) is 0.500. The average molecular weight is 307 g/mol. The molecule has 0 bridgehead atoms. The highest BCUT2D eigenvalue weighted by atomic mass is 32.2. The first-order chi connectivity index (χ1) is 10.3. The van der Waals surface area contributed by atoms with Crippen molar-refractivity contribution in [3.63, 3.8) is 0 Å². The lowest BCUT2D eigenvalue weighted by Crippen LogP contribution is -2.36. The Kier molecular flexibility index (Phi) is 6.65. The zero-order valence-corrected chi connectivity index (χ0v) is 13.2. The summed E-state index contributed by atoms with van der Waals surface area (Å²) in [5, 5.41) is 16.2. The number of thioether (sulfide) groups is 1. The summed E-state index contributed by atoms with van der Waals surface area (Å²) in [4.78, 5) is 0. The van der Waals surface area contributed by atoms with E-state index in [1.807, 2.05) is 30.3 Å². The molecule has 0 spiro atoms. The lowest BCUT2D eigenvalue weighted by atomic mass is 10.3. The molecule has 0 radical (unpaired) electrons. The second kappa shape index (κ2) is 8.76. The van der Waals surface area contributed by atoms with Crippen LogP contribution in [-0.4, -0.2) is 52.3 Å². The highest BCUT2D eigenvalue weighted by molar-refractivity contribution is 7.99. The molecule has 0 saturated heterocycles. The minimum Gasteiger partial charge on any atom is -0.383 e. The van der Waals surface area contributed by atoms with Crippen LogP contribution in [0.1, 0.15) is 13.3 Å². The van der Waals surface area contributed by atoms with E-state index in [0.29, 0.717) is 12.6 Å². The van der Waals surface area contributed by atoms with Crippen molar-refractivity contribution in [3.05, 3.63) is 30.3 Å². The van der Waals surface area contributed by atoms with Gasteiger partial charge in [0.15, 0.2) is 0 Å². The van der Waals surface area contributed by atoms with E-state index in [4.69, 9.17) is 4.74 Å². The summed E-state index contributed by atoms with van der Waals surface area (Å²) in [6, 6.07) is 10.2. The lowest BCUT2D eigenvalue weighted by molar-refractivity contribution is 0.174. The minimum atomic E-state index is 0.292. The number of ether oxygens (including phenoxy) is 1. The van der Waals surface area contributed by atoms with Crippen LogP contribution in [0.25, 0.3) is 5.69 Å². The zero-order chi connectivity index (χ0) is 14.9. The third kappa shape index (κ3) is 4.80. The molecule has 1 N–H and O–H groups in total. The van der Waals surface area contributed by atoms with Crippen molar-refractivity contribution in [2.45, 2.75) is 24.5 Å². The van der Waals surface area contributed by atoms with Gasteiger partial charge in [-0.1, -0.05) is 36.9 Å². The van der Waals surface area contributed by atoms with Crippen LogP contribution in [0, 0.1) is 0 Å². The number of para-hydroxylation sites is 1. The SMILES string of the molecule is CCCNC(COC)CSc1nnnn1-c1ccccc1. The third-order valence-corrected chi connectivity index (χ3v) is 3.99. The molecule has 1 unspecified atom stereocenters. The Hall–Kier alpha value is -1.44. The van der Waals surface area contributed by atoms with Crippen LogP contribution < -0.4 is 5.32 Å². The molecule has 0 fully saturated rings. The van der Waals surface area contributed by atoms with E-state index in [1.54, 1.807) is 23.6 Å². The van der Waals surface area contributed by atoms with Crippen LogP contribution in [0.15, 0.2) is 35.5 Å². The molecule has 0 aliphatic rings. The monoisotopic (exact) mass is 307 g/mol. The fourth-order valence-corrected chi connectivity index (χ4v) is 2.81. The van der Waals surface area contributed by atoms with Gasteiger partial charge in [0.05, 0.1) is 12.3 Å². The Morgan fingerprint density at radius 3 is 2.86 bits per heavy atom. The molecule has 114 valence electrons. The van der Waals surface area contributed by atoms with E-state index >= 15 is 0 Å². The van der Waals surface area contributed by atoms with Gasteiger partial charge in [0, 0.05) is 18.9 Å². The summed E-state index contributed by atoms with van der Waals surface area (Å²) in [6.07, 6.45) is 1.10. The Morgan fingerprint density at radius 1 is 1.33 bits per heavy atom. The Balaban J connectivity index is 1.98. The molecule has 0 aliphatic heterocycles. The smallest absolute Gasteiger partial charge is 0.214 e. The predicted molar refractivity (Wildman–Crippen MR) is 83.8 cm³/mol. The fourth-order valence-electron chi connectivity index (χ4n) is 1.89. The third-order valence-electron chi connectivity index (χ3n) is 2.91. The first-order valence-corrected chi connectivity index (χ1v) is 8.02. The van der Waals surface area contributed by atoms with Crippen molar-refractivity contribution < 1.29 is 4.74 Å². The molecule has 6 nitrogen and oxygen atoms in total. The van der Waals surface area contributed by atoms with Crippen LogP contribution >= 0.6 is 11.8 Å². The Labute approximate surface area is 129 Å². The van der Waals surface area contributed by atoms with E-state index in [0.717, 1.165) is 29.6 Å². The van der Waals surface area contributed by atoms with Crippen molar-refractivity contribution >= 4 is 11.8 Å². The van der Waals surface area contributed by atoms with Gasteiger partial charge in [-0.05, 0) is 35.5 Å². The maximum atomic E-state index is 5.25. The standard InChI is InChI=1S/C14H21N5OS/c1-3-9-15-12(10-20-2)11-21-14-16-17-18-19(14)13-7-5-4-6-8-13/h4-8,12,15H,3,9-11H2,1-2H3. The maximum absolute atomic E-state index is 5.25. The topological polar surface area (TPSA) is 64.9 Å². The minimum absolute atomic E-state index is 0.292. The van der Waals surface area contributed by atoms with Gasteiger partial charge in [0.25, 0.3) is 0 Å². The Bertz CT molecular complexity index is 519. The average Bonchev–Trinajstić information content (AvgIpc) is 2.99. The van der Waals surface area contributed by atoms with Crippen LogP contribution in [0.4, 0.5) is 0 Å². The van der Waals surface area contributed by atoms with Crippen LogP contribution in [0.5, 0.6) is 0 Å². The molecule has 0 amide bonds. The van der Waals surface area contributed by atoms with Crippen molar-refractivity contribution in [3.8, 4) is 5.69 Å². The van der Waals surface area contributed by atoms with Gasteiger partial charge < -0.3 is 10.1 Å². The number of nitrogens with one attached hydrogen (secondary N) is 1. The summed E-state index contributed by atoms with van der Waals surface area (Å²) in [5.41, 5.74) is 0.967. The second-order valence-corrected chi connectivity index (χ2v) is 5.61. The molecule has 1 aromatic heterocycles. The van der Waals surface area contributed by atoms with Crippen LogP contribution in [0.3, 0.4) is 0 Å². The molecular formula is C14H21N5OS. The first-order valence-electron chi connectivity index (χ1n) is 7.04. The molecule has 1 aromatic carbocycles. The van der Waals surface area contributed by atoms with Crippen molar-refractivity contribution in [1.29, 1.82) is 0 Å². The van der Waals surface area contributed by atoms with E-state index in [2.05, 4.69) is 27.8 Å². The molecule has 1 heterocycles. The van der Waals surface area contributed by atoms with Crippen molar-refractivity contribution in [1.82, 2.24) is 25.5 Å². The summed E-state index contributed by atoms with van der Waals surface area (Å²) < 4.78 is 7.01. The molecular weight excluding hydrogens is 286 g/mol. The number of nitrogens with zero attached hydrogens (tertiary/aromatic N) is 4. The molecule has 2 rings (SSSR count). The molecule has 0 saturated carbocycles. The summed E-state index contributed by atoms with van der Waals surface area (Å²) in [7, 11) is 1.72. The molecule has 1 atom stereocenters. The molecule has 21 heavy (non-hydrogen) atoms. The number of tetrazole rings is 1. The van der Waals surface area contributed by atoms with Crippen LogP contribution in [-0.2, 0) is 4.74 Å². The van der Waals surface area contributed by atoms with Crippen molar-refractivity contribution in [2.75, 3.05) is 26.0 Å². The Morgan fingerprint density at radius 2 is 2.14 bits per heavy atom. The summed E-state index contributed by atoms with van der Waals surface area (Å²) >= 11 is 1.63. The van der Waals surface area contributed by atoms with Crippen LogP contribution in [0.2, 0.25) is 0 Å². The number of aromatic nitrogens is 4. The van der Waals surface area contributed by atoms with Gasteiger partial charge in [-0.15, -0.1) is 5.10 Å². The normalized spacial score (nSPS) is 12.5. The predicted octanol–water partition coefficient (Wildman–Crippen LogP) is 1.77. The largest absolute Gasteiger partial charge is 0.383 e. The van der Waals surface area contributed by atoms with Gasteiger partial charge in [-0.25, -0.2) is 0 Å². The number of rotatable bonds is 9. The molecule has 7 heteroatoms. The maximum Gasteiger partial charge on any atom is 0.214 e. The second-order valence-electron chi connectivity index (χ2n) is 4.63. The quantitative estimate of drug-likeness (QED) is 0.712. The number of hydrogen-bond acceptors (Lipinski definition) is 6. The zero-order valence-electron chi connectivity index (χ0n) is 12.4. The van der Waals surface area contributed by atoms with Gasteiger partial charge in [0.1, 0.15) is 0 Å². The van der Waals surface area contributed by atoms with E-state index in [1.165, 1.54) is 0 Å². The summed E-state index contributed by atoms with van der Waals surface area (Å²) in [6.45, 7) is 3.82. The van der Waals surface area contributed by atoms with E-state index < -0.39 is 0 Å². The number of hydrogen-bond donors (Lipinski definition) is 1.